The van der Waals surface area contributed by atoms with Crippen molar-refractivity contribution in [3.63, 3.8) is 0 Å². The zero-order chi connectivity index (χ0) is 15.8. The minimum atomic E-state index is 0.105. The van der Waals surface area contributed by atoms with Crippen LogP contribution in [0.4, 0.5) is 0 Å². The van der Waals surface area contributed by atoms with Gasteiger partial charge in [-0.15, -0.1) is 0 Å². The predicted octanol–water partition coefficient (Wildman–Crippen LogP) is 2.65. The van der Waals surface area contributed by atoms with E-state index in [4.69, 9.17) is 4.74 Å². The number of thiophene rings is 1. The third-order valence-corrected chi connectivity index (χ3v) is 5.23. The SMILES string of the molecule is Cn1cc2c(n1)C(COCC1CC1)CN(C(=O)c1ccsc1)C2. The number of aromatic nitrogens is 2. The fourth-order valence-electron chi connectivity index (χ4n) is 3.16. The lowest BCUT2D eigenvalue weighted by molar-refractivity contribution is 0.0626. The van der Waals surface area contributed by atoms with E-state index in [1.165, 1.54) is 12.8 Å². The molecule has 0 radical (unpaired) electrons. The first-order chi connectivity index (χ1) is 11.2. The largest absolute Gasteiger partial charge is 0.380 e. The predicted molar refractivity (Wildman–Crippen MR) is 88.6 cm³/mol. The van der Waals surface area contributed by atoms with Crippen LogP contribution < -0.4 is 0 Å². The second kappa shape index (κ2) is 6.09. The average molecular weight is 331 g/mol. The number of carbonyl (C=O) groups is 1. The first-order valence-corrected chi connectivity index (χ1v) is 9.06. The van der Waals surface area contributed by atoms with E-state index in [0.717, 1.165) is 29.3 Å². The zero-order valence-corrected chi connectivity index (χ0v) is 14.1. The molecule has 2 aromatic rings. The molecule has 23 heavy (non-hydrogen) atoms. The molecule has 1 amide bonds. The van der Waals surface area contributed by atoms with Crippen LogP contribution in [0.15, 0.2) is 23.0 Å². The fourth-order valence-corrected chi connectivity index (χ4v) is 3.79. The van der Waals surface area contributed by atoms with Crippen LogP contribution in [-0.2, 0) is 18.3 Å². The number of hydrogen-bond acceptors (Lipinski definition) is 4. The number of amides is 1. The maximum atomic E-state index is 12.7. The Morgan fingerprint density at radius 3 is 3.04 bits per heavy atom. The molecular weight excluding hydrogens is 310 g/mol. The highest BCUT2D eigenvalue weighted by atomic mass is 32.1. The number of nitrogens with zero attached hydrogens (tertiary/aromatic N) is 3. The van der Waals surface area contributed by atoms with Crippen LogP contribution in [0, 0.1) is 5.92 Å². The summed E-state index contributed by atoms with van der Waals surface area (Å²) < 4.78 is 7.74. The van der Waals surface area contributed by atoms with Gasteiger partial charge in [-0.1, -0.05) is 0 Å². The molecule has 1 atom stereocenters. The van der Waals surface area contributed by atoms with Gasteiger partial charge >= 0.3 is 0 Å². The summed E-state index contributed by atoms with van der Waals surface area (Å²) in [5.41, 5.74) is 3.01. The maximum absolute atomic E-state index is 12.7. The molecule has 1 fully saturated rings. The highest BCUT2D eigenvalue weighted by Gasteiger charge is 2.32. The van der Waals surface area contributed by atoms with E-state index in [2.05, 4.69) is 5.10 Å². The molecule has 5 nitrogen and oxygen atoms in total. The van der Waals surface area contributed by atoms with E-state index in [1.807, 2.05) is 39.7 Å². The monoisotopic (exact) mass is 331 g/mol. The average Bonchev–Trinajstić information content (AvgIpc) is 3.05. The first kappa shape index (κ1) is 14.9. The van der Waals surface area contributed by atoms with Crippen molar-refractivity contribution in [2.24, 2.45) is 13.0 Å². The topological polar surface area (TPSA) is 47.4 Å². The number of fused-ring (bicyclic) bond motifs is 1. The zero-order valence-electron chi connectivity index (χ0n) is 13.3. The molecule has 1 unspecified atom stereocenters. The van der Waals surface area contributed by atoms with Crippen molar-refractivity contribution in [1.82, 2.24) is 14.7 Å². The van der Waals surface area contributed by atoms with Gasteiger partial charge in [-0.05, 0) is 30.2 Å². The number of ether oxygens (including phenoxy) is 1. The van der Waals surface area contributed by atoms with E-state index in [0.29, 0.717) is 19.7 Å². The van der Waals surface area contributed by atoms with E-state index >= 15 is 0 Å². The van der Waals surface area contributed by atoms with Gasteiger partial charge in [0.05, 0.1) is 17.9 Å². The third kappa shape index (κ3) is 3.19. The van der Waals surface area contributed by atoms with Crippen LogP contribution in [0.25, 0.3) is 0 Å². The van der Waals surface area contributed by atoms with Gasteiger partial charge in [-0.25, -0.2) is 0 Å². The lowest BCUT2D eigenvalue weighted by Gasteiger charge is -2.31. The molecule has 3 heterocycles. The van der Waals surface area contributed by atoms with Crippen molar-refractivity contribution in [2.45, 2.75) is 25.3 Å². The van der Waals surface area contributed by atoms with Gasteiger partial charge in [0.1, 0.15) is 0 Å². The molecule has 1 saturated carbocycles. The molecule has 2 aromatic heterocycles. The van der Waals surface area contributed by atoms with Gasteiger partial charge in [0.2, 0.25) is 0 Å². The maximum Gasteiger partial charge on any atom is 0.255 e. The van der Waals surface area contributed by atoms with Crippen LogP contribution in [0.2, 0.25) is 0 Å². The third-order valence-electron chi connectivity index (χ3n) is 4.55. The van der Waals surface area contributed by atoms with Crippen molar-refractivity contribution in [2.75, 3.05) is 19.8 Å². The lowest BCUT2D eigenvalue weighted by atomic mass is 9.97. The van der Waals surface area contributed by atoms with Crippen LogP contribution in [0.3, 0.4) is 0 Å². The van der Waals surface area contributed by atoms with E-state index in [-0.39, 0.29) is 11.8 Å². The molecule has 4 rings (SSSR count). The standard InChI is InChI=1S/C17H21N3O2S/c1-19-6-14-7-20(17(21)13-4-5-23-11-13)8-15(16(14)18-19)10-22-9-12-2-3-12/h4-6,11-12,15H,2-3,7-10H2,1H3. The van der Waals surface area contributed by atoms with Gasteiger partial charge in [0.25, 0.3) is 5.91 Å². The number of rotatable bonds is 5. The van der Waals surface area contributed by atoms with Crippen LogP contribution in [0.5, 0.6) is 0 Å². The van der Waals surface area contributed by atoms with Gasteiger partial charge in [0.15, 0.2) is 0 Å². The Balaban J connectivity index is 1.51. The number of carbonyl (C=O) groups excluding carboxylic acids is 1. The van der Waals surface area contributed by atoms with Crippen molar-refractivity contribution in [3.05, 3.63) is 39.8 Å². The van der Waals surface area contributed by atoms with E-state index in [9.17, 15) is 4.79 Å². The molecule has 0 N–H and O–H groups in total. The summed E-state index contributed by atoms with van der Waals surface area (Å²) in [6.07, 6.45) is 4.61. The van der Waals surface area contributed by atoms with E-state index < -0.39 is 0 Å². The first-order valence-electron chi connectivity index (χ1n) is 8.12. The molecule has 0 saturated heterocycles. The summed E-state index contributed by atoms with van der Waals surface area (Å²) in [7, 11) is 1.94. The molecule has 122 valence electrons. The molecule has 2 aliphatic rings. The van der Waals surface area contributed by atoms with Gasteiger partial charge in [-0.2, -0.15) is 16.4 Å². The lowest BCUT2D eigenvalue weighted by Crippen LogP contribution is -2.39. The molecule has 0 bridgehead atoms. The smallest absolute Gasteiger partial charge is 0.255 e. The van der Waals surface area contributed by atoms with E-state index in [1.54, 1.807) is 11.3 Å². The minimum Gasteiger partial charge on any atom is -0.380 e. The van der Waals surface area contributed by atoms with Crippen molar-refractivity contribution < 1.29 is 9.53 Å². The fraction of sp³-hybridized carbons (Fsp3) is 0.529. The summed E-state index contributed by atoms with van der Waals surface area (Å²) >= 11 is 1.56. The Labute approximate surface area is 139 Å². The molecule has 0 spiro atoms. The normalized spacial score (nSPS) is 20.6. The van der Waals surface area contributed by atoms with Gasteiger partial charge in [0, 0.05) is 49.8 Å². The Morgan fingerprint density at radius 2 is 2.30 bits per heavy atom. The molecule has 6 heteroatoms. The summed E-state index contributed by atoms with van der Waals surface area (Å²) in [5, 5.41) is 8.47. The quantitative estimate of drug-likeness (QED) is 0.846. The van der Waals surface area contributed by atoms with Crippen LogP contribution in [-0.4, -0.2) is 40.3 Å². The van der Waals surface area contributed by atoms with Gasteiger partial charge in [-0.3, -0.25) is 9.48 Å². The van der Waals surface area contributed by atoms with Crippen LogP contribution in [0.1, 0.15) is 40.4 Å². The molecule has 0 aromatic carbocycles. The highest BCUT2D eigenvalue weighted by molar-refractivity contribution is 7.08. The molecular formula is C17H21N3O2S. The molecule has 1 aliphatic heterocycles. The van der Waals surface area contributed by atoms with Gasteiger partial charge < -0.3 is 9.64 Å². The number of aryl methyl sites for hydroxylation is 1. The Kier molecular flexibility index (Phi) is 3.95. The Bertz CT molecular complexity index is 691. The van der Waals surface area contributed by atoms with Crippen molar-refractivity contribution in [3.8, 4) is 0 Å². The summed E-state index contributed by atoms with van der Waals surface area (Å²) in [5.74, 6) is 1.03. The second-order valence-corrected chi connectivity index (χ2v) is 7.37. The van der Waals surface area contributed by atoms with Crippen molar-refractivity contribution in [1.29, 1.82) is 0 Å². The Morgan fingerprint density at radius 1 is 1.43 bits per heavy atom. The van der Waals surface area contributed by atoms with Crippen LogP contribution >= 0.6 is 11.3 Å². The summed E-state index contributed by atoms with van der Waals surface area (Å²) in [6, 6.07) is 1.89. The van der Waals surface area contributed by atoms with Crippen molar-refractivity contribution >= 4 is 17.2 Å². The molecule has 1 aliphatic carbocycles. The Hall–Kier alpha value is -1.66. The number of hydrogen-bond donors (Lipinski definition) is 0. The highest BCUT2D eigenvalue weighted by Crippen LogP contribution is 2.31. The summed E-state index contributed by atoms with van der Waals surface area (Å²) in [4.78, 5) is 14.6. The minimum absolute atomic E-state index is 0.105. The second-order valence-electron chi connectivity index (χ2n) is 6.59. The summed E-state index contributed by atoms with van der Waals surface area (Å²) in [6.45, 7) is 2.81.